The van der Waals surface area contributed by atoms with Crippen LogP contribution in [0.4, 0.5) is 16.3 Å². The van der Waals surface area contributed by atoms with Crippen LogP contribution in [0.25, 0.3) is 0 Å². The van der Waals surface area contributed by atoms with Gasteiger partial charge < -0.3 is 24.6 Å². The Labute approximate surface area is 162 Å². The van der Waals surface area contributed by atoms with Crippen molar-refractivity contribution in [2.75, 3.05) is 50.6 Å². The monoisotopic (exact) mass is 385 g/mol. The summed E-state index contributed by atoms with van der Waals surface area (Å²) in [5, 5.41) is 22.1. The zero-order valence-corrected chi connectivity index (χ0v) is 15.8. The molecule has 3 rings (SSSR count). The Kier molecular flexibility index (Phi) is 5.78. The van der Waals surface area contributed by atoms with Crippen LogP contribution in [0.2, 0.25) is 0 Å². The molecule has 2 aromatic rings. The first-order valence-corrected chi connectivity index (χ1v) is 8.73. The fourth-order valence-corrected chi connectivity index (χ4v) is 2.94. The Morgan fingerprint density at radius 2 is 1.89 bits per heavy atom. The number of nitrogens with one attached hydrogen (secondary N) is 3. The van der Waals surface area contributed by atoms with Gasteiger partial charge in [-0.05, 0) is 24.3 Å². The van der Waals surface area contributed by atoms with Gasteiger partial charge in [-0.1, -0.05) is 0 Å². The summed E-state index contributed by atoms with van der Waals surface area (Å²) in [5.41, 5.74) is 0.693. The summed E-state index contributed by atoms with van der Waals surface area (Å²) in [6.07, 6.45) is 0.997. The third-order valence-electron chi connectivity index (χ3n) is 4.51. The first kappa shape index (κ1) is 19.2. The lowest BCUT2D eigenvalue weighted by atomic mass is 10.2. The van der Waals surface area contributed by atoms with Gasteiger partial charge in [-0.2, -0.15) is 0 Å². The fourth-order valence-electron chi connectivity index (χ4n) is 2.94. The van der Waals surface area contributed by atoms with Gasteiger partial charge in [0.15, 0.2) is 0 Å². The highest BCUT2D eigenvalue weighted by atomic mass is 16.5. The van der Waals surface area contributed by atoms with Crippen molar-refractivity contribution in [1.29, 1.82) is 10.8 Å². The number of carbonyl (C=O) groups excluding carboxylic acids is 1. The topological polar surface area (TPSA) is 120 Å². The molecule has 148 valence electrons. The molecule has 10 heteroatoms. The van der Waals surface area contributed by atoms with E-state index in [0.717, 1.165) is 6.34 Å². The quantitative estimate of drug-likeness (QED) is 0.528. The number of benzene rings is 1. The molecule has 0 spiro atoms. The number of hydrogen-bond donors (Lipinski definition) is 3. The number of nitrogens with zero attached hydrogens (tertiary/aromatic N) is 4. The van der Waals surface area contributed by atoms with Crippen LogP contribution in [0, 0.1) is 10.8 Å². The molecule has 1 fully saturated rings. The molecule has 0 aliphatic carbocycles. The molecule has 0 radical (unpaired) electrons. The van der Waals surface area contributed by atoms with Gasteiger partial charge in [0.25, 0.3) is 0 Å². The molecule has 0 bridgehead atoms. The van der Waals surface area contributed by atoms with Crippen LogP contribution < -0.4 is 25.2 Å². The number of methoxy groups -OCH3 is 2. The largest absolute Gasteiger partial charge is 0.497 e. The van der Waals surface area contributed by atoms with Crippen LogP contribution in [0.15, 0.2) is 30.3 Å². The zero-order chi connectivity index (χ0) is 20.1. The second kappa shape index (κ2) is 8.42. The number of ether oxygens (including phenoxy) is 2. The number of aromatic nitrogens is 2. The molecule has 1 saturated heterocycles. The van der Waals surface area contributed by atoms with Crippen LogP contribution in [0.5, 0.6) is 11.5 Å². The van der Waals surface area contributed by atoms with Crippen LogP contribution in [0.3, 0.4) is 0 Å². The summed E-state index contributed by atoms with van der Waals surface area (Å²) in [4.78, 5) is 16.4. The summed E-state index contributed by atoms with van der Waals surface area (Å²) in [7, 11) is 3.11. The zero-order valence-electron chi connectivity index (χ0n) is 15.8. The number of rotatable bonds is 5. The van der Waals surface area contributed by atoms with Crippen LogP contribution in [0.1, 0.15) is 0 Å². The van der Waals surface area contributed by atoms with Gasteiger partial charge >= 0.3 is 6.03 Å². The lowest BCUT2D eigenvalue weighted by Gasteiger charge is -2.35. The van der Waals surface area contributed by atoms with E-state index in [1.54, 1.807) is 49.5 Å². The van der Waals surface area contributed by atoms with Crippen molar-refractivity contribution in [3.05, 3.63) is 35.8 Å². The van der Waals surface area contributed by atoms with Gasteiger partial charge in [0.2, 0.25) is 0 Å². The molecule has 0 unspecified atom stereocenters. The maximum Gasteiger partial charge on any atom is 0.322 e. The number of piperazine rings is 1. The normalized spacial score (nSPS) is 13.8. The SMILES string of the molecule is COc1ccc(OC)c(NC(=O)N2CCN(c3ccc(=N)n(C=N)n3)CC2)c1. The predicted octanol–water partition coefficient (Wildman–Crippen LogP) is 1.19. The van der Waals surface area contributed by atoms with E-state index in [9.17, 15) is 4.79 Å². The van der Waals surface area contributed by atoms with Gasteiger partial charge in [-0.15, -0.1) is 5.10 Å². The fraction of sp³-hybridized carbons (Fsp3) is 0.333. The van der Waals surface area contributed by atoms with Crippen LogP contribution in [-0.4, -0.2) is 67.4 Å². The minimum atomic E-state index is -0.213. The molecule has 28 heavy (non-hydrogen) atoms. The van der Waals surface area contributed by atoms with E-state index < -0.39 is 0 Å². The van der Waals surface area contributed by atoms with Crippen molar-refractivity contribution in [2.24, 2.45) is 0 Å². The smallest absolute Gasteiger partial charge is 0.322 e. The number of anilines is 2. The highest BCUT2D eigenvalue weighted by molar-refractivity contribution is 5.91. The third-order valence-corrected chi connectivity index (χ3v) is 4.51. The Balaban J connectivity index is 1.64. The van der Waals surface area contributed by atoms with Crippen molar-refractivity contribution in [3.8, 4) is 11.5 Å². The lowest BCUT2D eigenvalue weighted by molar-refractivity contribution is 0.208. The van der Waals surface area contributed by atoms with Crippen molar-refractivity contribution in [3.63, 3.8) is 0 Å². The van der Waals surface area contributed by atoms with E-state index in [1.165, 1.54) is 4.68 Å². The summed E-state index contributed by atoms with van der Waals surface area (Å²) >= 11 is 0. The Hall–Kier alpha value is -3.56. The molecule has 1 aromatic heterocycles. The van der Waals surface area contributed by atoms with E-state index >= 15 is 0 Å². The van der Waals surface area contributed by atoms with Crippen molar-refractivity contribution in [2.45, 2.75) is 0 Å². The third kappa shape index (κ3) is 4.05. The van der Waals surface area contributed by atoms with Crippen molar-refractivity contribution < 1.29 is 14.3 Å². The van der Waals surface area contributed by atoms with E-state index in [2.05, 4.69) is 10.4 Å². The molecule has 2 amide bonds. The van der Waals surface area contributed by atoms with Crippen molar-refractivity contribution in [1.82, 2.24) is 14.7 Å². The van der Waals surface area contributed by atoms with Crippen molar-refractivity contribution >= 4 is 23.9 Å². The van der Waals surface area contributed by atoms with Crippen LogP contribution in [-0.2, 0) is 0 Å². The summed E-state index contributed by atoms with van der Waals surface area (Å²) < 4.78 is 11.7. The maximum absolute atomic E-state index is 12.6. The highest BCUT2D eigenvalue weighted by Crippen LogP contribution is 2.29. The molecule has 1 aliphatic rings. The molecule has 10 nitrogen and oxygen atoms in total. The Morgan fingerprint density at radius 3 is 2.54 bits per heavy atom. The number of urea groups is 1. The Bertz CT molecular complexity index is 920. The molecule has 1 aromatic carbocycles. The molecule has 0 saturated carbocycles. The predicted molar refractivity (Wildman–Crippen MR) is 105 cm³/mol. The molecular weight excluding hydrogens is 362 g/mol. The second-order valence-corrected chi connectivity index (χ2v) is 6.12. The second-order valence-electron chi connectivity index (χ2n) is 6.12. The summed E-state index contributed by atoms with van der Waals surface area (Å²) in [6.45, 7) is 2.25. The van der Waals surface area contributed by atoms with E-state index in [0.29, 0.717) is 49.2 Å². The first-order chi connectivity index (χ1) is 13.5. The minimum Gasteiger partial charge on any atom is -0.497 e. The van der Waals surface area contributed by atoms with Gasteiger partial charge in [0, 0.05) is 32.2 Å². The number of amides is 2. The maximum atomic E-state index is 12.6. The van der Waals surface area contributed by atoms with Gasteiger partial charge in [-0.3, -0.25) is 10.8 Å². The summed E-state index contributed by atoms with van der Waals surface area (Å²) in [6, 6.07) is 8.36. The van der Waals surface area contributed by atoms with Gasteiger partial charge in [0.1, 0.15) is 29.1 Å². The van der Waals surface area contributed by atoms with E-state index in [1.807, 2.05) is 4.90 Å². The number of hydrogen-bond acceptors (Lipinski definition) is 7. The highest BCUT2D eigenvalue weighted by Gasteiger charge is 2.23. The molecule has 0 atom stereocenters. The standard InChI is InChI=1S/C18H23N7O3/c1-27-13-3-4-15(28-2)14(11-13)21-18(26)24-9-7-23(8-10-24)17-6-5-16(20)25(12-19)22-17/h3-6,11-12,19-20H,7-10H2,1-2H3,(H,21,26). The van der Waals surface area contributed by atoms with E-state index in [4.69, 9.17) is 20.3 Å². The molecule has 3 N–H and O–H groups in total. The Morgan fingerprint density at radius 1 is 1.14 bits per heavy atom. The van der Waals surface area contributed by atoms with Crippen LogP contribution >= 0.6 is 0 Å². The molecule has 1 aliphatic heterocycles. The summed E-state index contributed by atoms with van der Waals surface area (Å²) in [5.74, 6) is 1.86. The lowest BCUT2D eigenvalue weighted by Crippen LogP contribution is -2.50. The van der Waals surface area contributed by atoms with Gasteiger partial charge in [0.05, 0.1) is 19.9 Å². The minimum absolute atomic E-state index is 0.143. The average Bonchev–Trinajstić information content (AvgIpc) is 2.74. The van der Waals surface area contributed by atoms with Gasteiger partial charge in [-0.25, -0.2) is 9.48 Å². The molecular formula is C18H23N7O3. The average molecular weight is 385 g/mol. The molecule has 2 heterocycles. The van der Waals surface area contributed by atoms with E-state index in [-0.39, 0.29) is 11.5 Å². The number of carbonyl (C=O) groups is 1. The first-order valence-electron chi connectivity index (χ1n) is 8.73.